The Labute approximate surface area is 106 Å². The minimum atomic E-state index is -0.230. The third-order valence-electron chi connectivity index (χ3n) is 2.81. The summed E-state index contributed by atoms with van der Waals surface area (Å²) in [7, 11) is 0. The summed E-state index contributed by atoms with van der Waals surface area (Å²) >= 11 is 5.84. The van der Waals surface area contributed by atoms with Gasteiger partial charge in [-0.25, -0.2) is 0 Å². The summed E-state index contributed by atoms with van der Waals surface area (Å²) in [6.45, 7) is 2.05. The molecule has 0 saturated carbocycles. The molecule has 0 aliphatic carbocycles. The zero-order chi connectivity index (χ0) is 12.3. The fraction of sp³-hybridized carbons (Fsp3) is 0.462. The van der Waals surface area contributed by atoms with Crippen molar-refractivity contribution < 1.29 is 14.3 Å². The average Bonchev–Trinajstić information content (AvgIpc) is 2.29. The first-order chi connectivity index (χ1) is 8.15. The second-order valence-electron chi connectivity index (χ2n) is 4.17. The molecule has 1 saturated heterocycles. The molecule has 1 aromatic rings. The average molecular weight is 255 g/mol. The highest BCUT2D eigenvalue weighted by Gasteiger charge is 2.25. The van der Waals surface area contributed by atoms with Crippen LogP contribution in [0, 0.1) is 0 Å². The standard InChI is InChI=1S/C13H15ClO3/c1-9(15)17-12-6-7-16-13(8-12)10-2-4-11(14)5-3-10/h2-5,12-13H,6-8H2,1H3/t12-,13+/m0/s1. The fourth-order valence-electron chi connectivity index (χ4n) is 2.02. The predicted octanol–water partition coefficient (Wildman–Crippen LogP) is 3.12. The SMILES string of the molecule is CC(=O)O[C@H]1CCO[C@@H](c2ccc(Cl)cc2)C1. The molecule has 1 fully saturated rings. The molecule has 4 heteroatoms. The van der Waals surface area contributed by atoms with Crippen molar-refractivity contribution in [1.29, 1.82) is 0 Å². The number of carbonyl (C=O) groups excluding carboxylic acids is 1. The maximum Gasteiger partial charge on any atom is 0.302 e. The molecule has 0 bridgehead atoms. The minimum Gasteiger partial charge on any atom is -0.462 e. The predicted molar refractivity (Wildman–Crippen MR) is 64.9 cm³/mol. The molecule has 0 radical (unpaired) electrons. The second-order valence-corrected chi connectivity index (χ2v) is 4.60. The number of halogens is 1. The molecule has 0 aromatic heterocycles. The van der Waals surface area contributed by atoms with Crippen molar-refractivity contribution in [2.24, 2.45) is 0 Å². The Balaban J connectivity index is 2.01. The number of rotatable bonds is 2. The van der Waals surface area contributed by atoms with Crippen molar-refractivity contribution in [2.75, 3.05) is 6.61 Å². The Morgan fingerprint density at radius 2 is 2.12 bits per heavy atom. The smallest absolute Gasteiger partial charge is 0.302 e. The second kappa shape index (κ2) is 5.52. The molecule has 1 aromatic carbocycles. The van der Waals surface area contributed by atoms with Gasteiger partial charge >= 0.3 is 5.97 Å². The summed E-state index contributed by atoms with van der Waals surface area (Å²) in [4.78, 5) is 10.9. The summed E-state index contributed by atoms with van der Waals surface area (Å²) < 4.78 is 10.9. The van der Waals surface area contributed by atoms with Gasteiger partial charge in [-0.15, -0.1) is 0 Å². The van der Waals surface area contributed by atoms with Crippen LogP contribution >= 0.6 is 11.6 Å². The Bertz CT molecular complexity index is 388. The van der Waals surface area contributed by atoms with Gasteiger partial charge in [-0.3, -0.25) is 4.79 Å². The quantitative estimate of drug-likeness (QED) is 0.761. The van der Waals surface area contributed by atoms with Gasteiger partial charge in [0, 0.05) is 24.8 Å². The lowest BCUT2D eigenvalue weighted by atomic mass is 9.99. The summed E-state index contributed by atoms with van der Waals surface area (Å²) in [5.41, 5.74) is 1.08. The van der Waals surface area contributed by atoms with Crippen LogP contribution in [0.25, 0.3) is 0 Å². The van der Waals surface area contributed by atoms with E-state index in [1.165, 1.54) is 6.92 Å². The van der Waals surface area contributed by atoms with Crippen LogP contribution in [0.1, 0.15) is 31.4 Å². The molecule has 1 heterocycles. The largest absolute Gasteiger partial charge is 0.462 e. The van der Waals surface area contributed by atoms with E-state index in [-0.39, 0.29) is 18.2 Å². The Kier molecular flexibility index (Phi) is 4.02. The Morgan fingerprint density at radius 3 is 2.76 bits per heavy atom. The molecule has 2 atom stereocenters. The molecule has 92 valence electrons. The van der Waals surface area contributed by atoms with E-state index in [1.807, 2.05) is 24.3 Å². The fourth-order valence-corrected chi connectivity index (χ4v) is 2.14. The zero-order valence-corrected chi connectivity index (χ0v) is 10.4. The topological polar surface area (TPSA) is 35.5 Å². The van der Waals surface area contributed by atoms with Crippen molar-refractivity contribution in [2.45, 2.75) is 32.0 Å². The van der Waals surface area contributed by atoms with Crippen LogP contribution < -0.4 is 0 Å². The van der Waals surface area contributed by atoms with Gasteiger partial charge in [-0.05, 0) is 17.7 Å². The first-order valence-corrected chi connectivity index (χ1v) is 6.07. The maximum atomic E-state index is 10.9. The number of esters is 1. The minimum absolute atomic E-state index is 0.00892. The van der Waals surface area contributed by atoms with Crippen molar-refractivity contribution in [3.05, 3.63) is 34.9 Å². The van der Waals surface area contributed by atoms with Crippen LogP contribution in [0.5, 0.6) is 0 Å². The van der Waals surface area contributed by atoms with E-state index in [1.54, 1.807) is 0 Å². The molecule has 3 nitrogen and oxygen atoms in total. The van der Waals surface area contributed by atoms with Crippen LogP contribution in [-0.2, 0) is 14.3 Å². The summed E-state index contributed by atoms with van der Waals surface area (Å²) in [5, 5.41) is 0.709. The molecule has 1 aliphatic rings. The van der Waals surface area contributed by atoms with Gasteiger partial charge in [0.1, 0.15) is 6.10 Å². The lowest BCUT2D eigenvalue weighted by Gasteiger charge is -2.29. The molecular weight excluding hydrogens is 240 g/mol. The Hall–Kier alpha value is -1.06. The lowest BCUT2D eigenvalue weighted by molar-refractivity contribution is -0.153. The van der Waals surface area contributed by atoms with Gasteiger partial charge in [-0.1, -0.05) is 23.7 Å². The Morgan fingerprint density at radius 1 is 1.41 bits per heavy atom. The van der Waals surface area contributed by atoms with E-state index < -0.39 is 0 Å². The highest BCUT2D eigenvalue weighted by Crippen LogP contribution is 2.30. The van der Waals surface area contributed by atoms with Gasteiger partial charge in [-0.2, -0.15) is 0 Å². The number of hydrogen-bond acceptors (Lipinski definition) is 3. The molecule has 2 rings (SSSR count). The molecule has 17 heavy (non-hydrogen) atoms. The van der Waals surface area contributed by atoms with Crippen molar-refractivity contribution in [3.63, 3.8) is 0 Å². The van der Waals surface area contributed by atoms with E-state index in [0.717, 1.165) is 12.0 Å². The number of ether oxygens (including phenoxy) is 2. The van der Waals surface area contributed by atoms with Crippen molar-refractivity contribution >= 4 is 17.6 Å². The van der Waals surface area contributed by atoms with Gasteiger partial charge in [0.05, 0.1) is 12.7 Å². The lowest BCUT2D eigenvalue weighted by Crippen LogP contribution is -2.27. The molecule has 0 spiro atoms. The van der Waals surface area contributed by atoms with Crippen LogP contribution in [0.15, 0.2) is 24.3 Å². The van der Waals surface area contributed by atoms with Crippen molar-refractivity contribution in [3.8, 4) is 0 Å². The van der Waals surface area contributed by atoms with Crippen LogP contribution in [0.4, 0.5) is 0 Å². The molecule has 1 aliphatic heterocycles. The number of carbonyl (C=O) groups is 1. The maximum absolute atomic E-state index is 10.9. The van der Waals surface area contributed by atoms with Crippen LogP contribution in [0.3, 0.4) is 0 Å². The molecule has 0 unspecified atom stereocenters. The van der Waals surface area contributed by atoms with Gasteiger partial charge in [0.25, 0.3) is 0 Å². The molecular formula is C13H15ClO3. The zero-order valence-electron chi connectivity index (χ0n) is 9.69. The molecule has 0 amide bonds. The highest BCUT2D eigenvalue weighted by atomic mass is 35.5. The normalized spacial score (nSPS) is 24.4. The molecule has 0 N–H and O–H groups in total. The summed E-state index contributed by atoms with van der Waals surface area (Å²) in [6, 6.07) is 7.58. The van der Waals surface area contributed by atoms with Crippen molar-refractivity contribution in [1.82, 2.24) is 0 Å². The third kappa shape index (κ3) is 3.45. The highest BCUT2D eigenvalue weighted by molar-refractivity contribution is 6.30. The summed E-state index contributed by atoms with van der Waals surface area (Å²) in [5.74, 6) is -0.230. The van der Waals surface area contributed by atoms with E-state index in [4.69, 9.17) is 21.1 Å². The van der Waals surface area contributed by atoms with E-state index >= 15 is 0 Å². The number of benzene rings is 1. The first kappa shape index (κ1) is 12.4. The van der Waals surface area contributed by atoms with Gasteiger partial charge < -0.3 is 9.47 Å². The number of hydrogen-bond donors (Lipinski definition) is 0. The summed E-state index contributed by atoms with van der Waals surface area (Å²) in [6.07, 6.45) is 1.43. The first-order valence-electron chi connectivity index (χ1n) is 5.69. The van der Waals surface area contributed by atoms with E-state index in [2.05, 4.69) is 0 Å². The third-order valence-corrected chi connectivity index (χ3v) is 3.06. The van der Waals surface area contributed by atoms with Gasteiger partial charge in [0.2, 0.25) is 0 Å². The van der Waals surface area contributed by atoms with Crippen LogP contribution in [0.2, 0.25) is 5.02 Å². The van der Waals surface area contributed by atoms with Crippen LogP contribution in [-0.4, -0.2) is 18.7 Å². The van der Waals surface area contributed by atoms with Gasteiger partial charge in [0.15, 0.2) is 0 Å². The van der Waals surface area contributed by atoms with E-state index in [9.17, 15) is 4.79 Å². The van der Waals surface area contributed by atoms with E-state index in [0.29, 0.717) is 18.1 Å². The monoisotopic (exact) mass is 254 g/mol.